The van der Waals surface area contributed by atoms with Crippen molar-refractivity contribution in [2.45, 2.75) is 6.92 Å². The molecule has 0 amide bonds. The standard InChI is InChI=1S/C10H15N3O2.2ClH/c1-2-15-10(14)8-3-4-9(13-7-8)12-6-5-11;;/h3-4,7H,2,5-6,11H2,1H3,(H,12,13);2*1H. The highest BCUT2D eigenvalue weighted by molar-refractivity contribution is 5.89. The van der Waals surface area contributed by atoms with Gasteiger partial charge in [-0.25, -0.2) is 9.78 Å². The lowest BCUT2D eigenvalue weighted by atomic mass is 10.3. The second-order valence-electron chi connectivity index (χ2n) is 2.87. The van der Waals surface area contributed by atoms with Gasteiger partial charge in [-0.2, -0.15) is 0 Å². The smallest absolute Gasteiger partial charge is 0.339 e. The average molecular weight is 282 g/mol. The van der Waals surface area contributed by atoms with Crippen molar-refractivity contribution in [3.63, 3.8) is 0 Å². The van der Waals surface area contributed by atoms with Crippen LogP contribution in [-0.4, -0.2) is 30.6 Å². The summed E-state index contributed by atoms with van der Waals surface area (Å²) in [5.41, 5.74) is 5.78. The first-order valence-corrected chi connectivity index (χ1v) is 4.85. The van der Waals surface area contributed by atoms with E-state index >= 15 is 0 Å². The molecule has 1 heterocycles. The van der Waals surface area contributed by atoms with E-state index in [1.165, 1.54) is 6.20 Å². The van der Waals surface area contributed by atoms with E-state index in [0.717, 1.165) is 0 Å². The van der Waals surface area contributed by atoms with Crippen molar-refractivity contribution in [2.24, 2.45) is 5.73 Å². The zero-order chi connectivity index (χ0) is 11.1. The molecule has 0 aliphatic heterocycles. The number of aromatic nitrogens is 1. The third-order valence-corrected chi connectivity index (χ3v) is 1.73. The van der Waals surface area contributed by atoms with E-state index in [2.05, 4.69) is 10.3 Å². The summed E-state index contributed by atoms with van der Waals surface area (Å²) in [6.45, 7) is 3.33. The van der Waals surface area contributed by atoms with Crippen LogP contribution in [-0.2, 0) is 4.74 Å². The lowest BCUT2D eigenvalue weighted by Crippen LogP contribution is -2.14. The van der Waals surface area contributed by atoms with Gasteiger partial charge in [0.15, 0.2) is 0 Å². The van der Waals surface area contributed by atoms with E-state index in [1.807, 2.05) is 0 Å². The second kappa shape index (κ2) is 10.1. The Kier molecular flexibility index (Phi) is 10.9. The number of pyridine rings is 1. The normalized spacial score (nSPS) is 8.59. The van der Waals surface area contributed by atoms with Crippen molar-refractivity contribution >= 4 is 36.6 Å². The van der Waals surface area contributed by atoms with Gasteiger partial charge in [0.25, 0.3) is 0 Å². The van der Waals surface area contributed by atoms with Crippen LogP contribution in [0.3, 0.4) is 0 Å². The predicted molar refractivity (Wildman–Crippen MR) is 72.2 cm³/mol. The molecule has 0 fully saturated rings. The number of nitrogens with zero attached hydrogens (tertiary/aromatic N) is 1. The minimum absolute atomic E-state index is 0. The molecule has 0 atom stereocenters. The van der Waals surface area contributed by atoms with E-state index in [9.17, 15) is 4.79 Å². The maximum atomic E-state index is 11.3. The van der Waals surface area contributed by atoms with Crippen LogP contribution >= 0.6 is 24.8 Å². The second-order valence-corrected chi connectivity index (χ2v) is 2.87. The summed E-state index contributed by atoms with van der Waals surface area (Å²) in [7, 11) is 0. The van der Waals surface area contributed by atoms with Crippen molar-refractivity contribution in [3.8, 4) is 0 Å². The highest BCUT2D eigenvalue weighted by Crippen LogP contribution is 2.05. The van der Waals surface area contributed by atoms with Gasteiger partial charge in [-0.3, -0.25) is 0 Å². The molecule has 5 nitrogen and oxygen atoms in total. The molecule has 1 rings (SSSR count). The minimum Gasteiger partial charge on any atom is -0.462 e. The Morgan fingerprint density at radius 3 is 2.65 bits per heavy atom. The van der Waals surface area contributed by atoms with Gasteiger partial charge in [0.1, 0.15) is 5.82 Å². The molecule has 1 aromatic rings. The van der Waals surface area contributed by atoms with Gasteiger partial charge in [-0.1, -0.05) is 0 Å². The molecular formula is C10H17Cl2N3O2. The number of rotatable bonds is 5. The number of hydrogen-bond donors (Lipinski definition) is 2. The van der Waals surface area contributed by atoms with E-state index < -0.39 is 0 Å². The van der Waals surface area contributed by atoms with Crippen LogP contribution in [0, 0.1) is 0 Å². The van der Waals surface area contributed by atoms with Crippen LogP contribution < -0.4 is 11.1 Å². The minimum atomic E-state index is -0.352. The first-order chi connectivity index (χ1) is 7.27. The molecule has 0 aliphatic carbocycles. The van der Waals surface area contributed by atoms with Crippen molar-refractivity contribution in [1.82, 2.24) is 4.98 Å². The van der Waals surface area contributed by atoms with E-state index in [0.29, 0.717) is 31.1 Å². The molecule has 0 saturated heterocycles. The Balaban J connectivity index is 0. The number of carbonyl (C=O) groups excluding carboxylic acids is 1. The van der Waals surface area contributed by atoms with Gasteiger partial charge in [0, 0.05) is 19.3 Å². The molecule has 17 heavy (non-hydrogen) atoms. The Morgan fingerprint density at radius 1 is 1.47 bits per heavy atom. The number of halogens is 2. The van der Waals surface area contributed by atoms with Crippen molar-refractivity contribution in [1.29, 1.82) is 0 Å². The summed E-state index contributed by atoms with van der Waals surface area (Å²) in [5.74, 6) is 0.351. The average Bonchev–Trinajstić information content (AvgIpc) is 2.27. The quantitative estimate of drug-likeness (QED) is 0.800. The van der Waals surface area contributed by atoms with Gasteiger partial charge in [-0.15, -0.1) is 24.8 Å². The predicted octanol–water partition coefficient (Wildman–Crippen LogP) is 1.47. The van der Waals surface area contributed by atoms with E-state index in [-0.39, 0.29) is 30.8 Å². The maximum Gasteiger partial charge on any atom is 0.339 e. The van der Waals surface area contributed by atoms with Gasteiger partial charge < -0.3 is 15.8 Å². The van der Waals surface area contributed by atoms with Gasteiger partial charge in [0.2, 0.25) is 0 Å². The van der Waals surface area contributed by atoms with Crippen LogP contribution in [0.4, 0.5) is 5.82 Å². The van der Waals surface area contributed by atoms with Crippen LogP contribution in [0.1, 0.15) is 17.3 Å². The summed E-state index contributed by atoms with van der Waals surface area (Å²) in [5, 5.41) is 3.00. The monoisotopic (exact) mass is 281 g/mol. The number of carbonyl (C=O) groups is 1. The topological polar surface area (TPSA) is 77.2 Å². The summed E-state index contributed by atoms with van der Waals surface area (Å²) < 4.78 is 4.83. The van der Waals surface area contributed by atoms with Crippen LogP contribution in [0.15, 0.2) is 18.3 Å². The summed E-state index contributed by atoms with van der Waals surface area (Å²) in [6.07, 6.45) is 1.48. The molecule has 0 saturated carbocycles. The summed E-state index contributed by atoms with van der Waals surface area (Å²) in [6, 6.07) is 3.39. The fourth-order valence-electron chi connectivity index (χ4n) is 1.03. The van der Waals surface area contributed by atoms with Gasteiger partial charge in [0.05, 0.1) is 12.2 Å². The number of hydrogen-bond acceptors (Lipinski definition) is 5. The third-order valence-electron chi connectivity index (χ3n) is 1.73. The summed E-state index contributed by atoms with van der Waals surface area (Å²) >= 11 is 0. The lowest BCUT2D eigenvalue weighted by molar-refractivity contribution is 0.0526. The fourth-order valence-corrected chi connectivity index (χ4v) is 1.03. The highest BCUT2D eigenvalue weighted by atomic mass is 35.5. The SMILES string of the molecule is CCOC(=O)c1ccc(NCCN)nc1.Cl.Cl. The number of ether oxygens (including phenoxy) is 1. The molecule has 0 radical (unpaired) electrons. The molecule has 0 unspecified atom stereocenters. The molecule has 0 spiro atoms. The first-order valence-electron chi connectivity index (χ1n) is 4.85. The largest absolute Gasteiger partial charge is 0.462 e. The molecule has 0 aliphatic rings. The number of anilines is 1. The highest BCUT2D eigenvalue weighted by Gasteiger charge is 2.05. The Labute approximate surface area is 113 Å². The van der Waals surface area contributed by atoms with E-state index in [4.69, 9.17) is 10.5 Å². The Morgan fingerprint density at radius 2 is 2.18 bits per heavy atom. The third kappa shape index (κ3) is 6.31. The molecule has 3 N–H and O–H groups in total. The number of nitrogens with two attached hydrogens (primary N) is 1. The summed E-state index contributed by atoms with van der Waals surface area (Å²) in [4.78, 5) is 15.3. The van der Waals surface area contributed by atoms with Gasteiger partial charge >= 0.3 is 5.97 Å². The molecule has 7 heteroatoms. The Bertz CT molecular complexity index is 320. The van der Waals surface area contributed by atoms with Crippen LogP contribution in [0.2, 0.25) is 0 Å². The zero-order valence-corrected chi connectivity index (χ0v) is 11.1. The maximum absolute atomic E-state index is 11.3. The van der Waals surface area contributed by atoms with Crippen molar-refractivity contribution in [3.05, 3.63) is 23.9 Å². The molecule has 0 bridgehead atoms. The lowest BCUT2D eigenvalue weighted by Gasteiger charge is -2.04. The number of esters is 1. The van der Waals surface area contributed by atoms with Crippen LogP contribution in [0.5, 0.6) is 0 Å². The van der Waals surface area contributed by atoms with Crippen molar-refractivity contribution in [2.75, 3.05) is 25.0 Å². The molecule has 0 aromatic carbocycles. The molecular weight excluding hydrogens is 265 g/mol. The fraction of sp³-hybridized carbons (Fsp3) is 0.400. The molecule has 98 valence electrons. The number of nitrogens with one attached hydrogen (secondary N) is 1. The van der Waals surface area contributed by atoms with Crippen LogP contribution in [0.25, 0.3) is 0 Å². The van der Waals surface area contributed by atoms with E-state index in [1.54, 1.807) is 19.1 Å². The Hall–Kier alpha value is -1.04. The first kappa shape index (κ1) is 18.3. The van der Waals surface area contributed by atoms with Gasteiger partial charge in [-0.05, 0) is 19.1 Å². The zero-order valence-electron chi connectivity index (χ0n) is 9.51. The van der Waals surface area contributed by atoms with Crippen molar-refractivity contribution < 1.29 is 9.53 Å². The molecule has 1 aromatic heterocycles.